The molecule has 3 aliphatic carbocycles. The van der Waals surface area contributed by atoms with E-state index in [1.807, 2.05) is 0 Å². The maximum absolute atomic E-state index is 12.6. The number of unbranched alkanes of at least 4 members (excludes halogenated alkanes) is 1. The molecule has 3 rings (SSSR count). The second-order valence-corrected chi connectivity index (χ2v) is 7.67. The lowest BCUT2D eigenvalue weighted by molar-refractivity contribution is -0.173. The number of carbonyl (C=O) groups excluding carboxylic acids is 1. The molecule has 6 atom stereocenters. The molecule has 3 fully saturated rings. The Balaban J connectivity index is 1.69. The van der Waals surface area contributed by atoms with Crippen LogP contribution in [0.5, 0.6) is 0 Å². The Morgan fingerprint density at radius 1 is 1.24 bits per heavy atom. The highest BCUT2D eigenvalue weighted by Gasteiger charge is 2.54. The van der Waals surface area contributed by atoms with Gasteiger partial charge in [-0.05, 0) is 88.9 Å². The summed E-state index contributed by atoms with van der Waals surface area (Å²) in [6.45, 7) is 14.2. The van der Waals surface area contributed by atoms with Gasteiger partial charge in [0, 0.05) is 0 Å². The molecular formula is C19H28O2. The van der Waals surface area contributed by atoms with Gasteiger partial charge in [-0.1, -0.05) is 13.3 Å². The van der Waals surface area contributed by atoms with Gasteiger partial charge >= 0.3 is 5.97 Å². The second-order valence-electron chi connectivity index (χ2n) is 7.67. The maximum atomic E-state index is 12.6. The molecule has 0 aromatic rings. The van der Waals surface area contributed by atoms with Crippen LogP contribution in [0.1, 0.15) is 64.7 Å². The summed E-state index contributed by atoms with van der Waals surface area (Å²) in [4.78, 5) is 12.6. The van der Waals surface area contributed by atoms with E-state index in [1.165, 1.54) is 19.3 Å². The molecule has 0 aromatic heterocycles. The molecule has 0 N–H and O–H groups in total. The van der Waals surface area contributed by atoms with Crippen LogP contribution in [0.15, 0.2) is 0 Å². The van der Waals surface area contributed by atoms with Crippen LogP contribution in [0.25, 0.3) is 0 Å². The Labute approximate surface area is 130 Å². The summed E-state index contributed by atoms with van der Waals surface area (Å²) < 4.78 is 6.16. The van der Waals surface area contributed by atoms with Crippen LogP contribution < -0.4 is 0 Å². The highest BCUT2D eigenvalue weighted by molar-refractivity contribution is 5.74. The predicted molar refractivity (Wildman–Crippen MR) is 82.1 cm³/mol. The summed E-state index contributed by atoms with van der Waals surface area (Å²) in [5.41, 5.74) is -0.178. The van der Waals surface area contributed by atoms with Crippen LogP contribution in [0.4, 0.5) is 0 Å². The Morgan fingerprint density at radius 3 is 2.57 bits per heavy atom. The van der Waals surface area contributed by atoms with Crippen molar-refractivity contribution in [3.63, 3.8) is 0 Å². The van der Waals surface area contributed by atoms with Crippen LogP contribution >= 0.6 is 0 Å². The molecule has 3 saturated carbocycles. The van der Waals surface area contributed by atoms with Crippen LogP contribution in [-0.4, -0.2) is 11.6 Å². The maximum Gasteiger partial charge on any atom is 0.309 e. The zero-order valence-electron chi connectivity index (χ0n) is 13.2. The van der Waals surface area contributed by atoms with Crippen LogP contribution in [0.2, 0.25) is 0 Å². The first-order valence-electron chi connectivity index (χ1n) is 8.78. The Morgan fingerprint density at radius 2 is 2.05 bits per heavy atom. The van der Waals surface area contributed by atoms with Crippen molar-refractivity contribution in [3.8, 4) is 0 Å². The van der Waals surface area contributed by atoms with Crippen molar-refractivity contribution in [1.29, 1.82) is 0 Å². The Bertz CT molecular complexity index is 391. The summed E-state index contributed by atoms with van der Waals surface area (Å²) in [5, 5.41) is 0. The quantitative estimate of drug-likeness (QED) is 0.703. The van der Waals surface area contributed by atoms with Gasteiger partial charge in [-0.25, -0.2) is 0 Å². The third kappa shape index (κ3) is 2.87. The minimum atomic E-state index is -0.183. The highest BCUT2D eigenvalue weighted by Crippen LogP contribution is 2.55. The second kappa shape index (κ2) is 5.93. The average molecular weight is 288 g/mol. The SMILES string of the molecule is [CH]C1CC([CH])C(C(=O)OC2(CCCC)CC3CCC2C3)C1. The molecule has 0 saturated heterocycles. The third-order valence-corrected chi connectivity index (χ3v) is 6.13. The molecule has 2 nitrogen and oxygen atoms in total. The summed E-state index contributed by atoms with van der Waals surface area (Å²) in [6, 6.07) is 0. The standard InChI is InChI=1S/C19H28O2/c1-4-5-8-19(12-15-6-7-16(19)11-15)21-18(20)17-10-13(2)9-14(17)3/h2-3,13-17H,4-12H2,1H3. The van der Waals surface area contributed by atoms with Crippen molar-refractivity contribution in [2.75, 3.05) is 0 Å². The van der Waals surface area contributed by atoms with Crippen molar-refractivity contribution < 1.29 is 9.53 Å². The van der Waals surface area contributed by atoms with E-state index in [4.69, 9.17) is 18.6 Å². The zero-order chi connectivity index (χ0) is 15.0. The lowest BCUT2D eigenvalue weighted by Crippen LogP contribution is -2.42. The minimum Gasteiger partial charge on any atom is -0.459 e. The summed E-state index contributed by atoms with van der Waals surface area (Å²) in [5.74, 6) is 1.05. The van der Waals surface area contributed by atoms with E-state index in [9.17, 15) is 4.79 Å². The van der Waals surface area contributed by atoms with Gasteiger partial charge < -0.3 is 4.74 Å². The van der Waals surface area contributed by atoms with Crippen molar-refractivity contribution >= 4 is 5.97 Å². The average Bonchev–Trinajstić information content (AvgIpc) is 3.11. The molecule has 0 aliphatic heterocycles. The molecule has 116 valence electrons. The van der Waals surface area contributed by atoms with Gasteiger partial charge in [0.05, 0.1) is 5.92 Å². The van der Waals surface area contributed by atoms with E-state index in [0.717, 1.165) is 38.0 Å². The van der Waals surface area contributed by atoms with Crippen LogP contribution in [0.3, 0.4) is 0 Å². The first-order chi connectivity index (χ1) is 10.0. The number of fused-ring (bicyclic) bond motifs is 2. The van der Waals surface area contributed by atoms with Crippen LogP contribution in [0, 0.1) is 43.4 Å². The summed E-state index contributed by atoms with van der Waals surface area (Å²) in [6.07, 6.45) is 9.67. The van der Waals surface area contributed by atoms with E-state index in [-0.39, 0.29) is 29.3 Å². The fraction of sp³-hybridized carbons (Fsp3) is 0.842. The molecule has 0 amide bonds. The Hall–Kier alpha value is -0.530. The zero-order valence-corrected chi connectivity index (χ0v) is 13.2. The van der Waals surface area contributed by atoms with Gasteiger partial charge in [0.15, 0.2) is 0 Å². The first-order valence-corrected chi connectivity index (χ1v) is 8.78. The lowest BCUT2D eigenvalue weighted by atomic mass is 9.80. The fourth-order valence-corrected chi connectivity index (χ4v) is 5.01. The largest absolute Gasteiger partial charge is 0.459 e. The number of esters is 1. The minimum absolute atomic E-state index is 0.0594. The number of hydrogen-bond donors (Lipinski definition) is 0. The fourth-order valence-electron chi connectivity index (χ4n) is 5.01. The van der Waals surface area contributed by atoms with E-state index in [0.29, 0.717) is 12.3 Å². The summed E-state index contributed by atoms with van der Waals surface area (Å²) >= 11 is 0. The van der Waals surface area contributed by atoms with Crippen LogP contribution in [-0.2, 0) is 9.53 Å². The van der Waals surface area contributed by atoms with Gasteiger partial charge in [-0.3, -0.25) is 4.79 Å². The van der Waals surface area contributed by atoms with Gasteiger partial charge in [0.25, 0.3) is 0 Å². The smallest absolute Gasteiger partial charge is 0.309 e. The molecule has 0 aromatic carbocycles. The molecule has 3 aliphatic rings. The van der Waals surface area contributed by atoms with Gasteiger partial charge in [0.1, 0.15) is 5.60 Å². The molecule has 4 radical (unpaired) electrons. The number of rotatable bonds is 5. The molecule has 0 heterocycles. The van der Waals surface area contributed by atoms with E-state index in [1.54, 1.807) is 0 Å². The number of carbonyl (C=O) groups is 1. The van der Waals surface area contributed by atoms with Crippen molar-refractivity contribution in [3.05, 3.63) is 13.8 Å². The first kappa shape index (κ1) is 15.4. The monoisotopic (exact) mass is 288 g/mol. The molecular weight excluding hydrogens is 260 g/mol. The van der Waals surface area contributed by atoms with E-state index >= 15 is 0 Å². The van der Waals surface area contributed by atoms with Gasteiger partial charge in [-0.15, -0.1) is 0 Å². The molecule has 6 unspecified atom stereocenters. The highest BCUT2D eigenvalue weighted by atomic mass is 16.6. The molecule has 2 bridgehead atoms. The van der Waals surface area contributed by atoms with E-state index in [2.05, 4.69) is 6.92 Å². The summed E-state index contributed by atoms with van der Waals surface area (Å²) in [7, 11) is 0. The van der Waals surface area contributed by atoms with Gasteiger partial charge in [-0.2, -0.15) is 0 Å². The van der Waals surface area contributed by atoms with Crippen molar-refractivity contribution in [2.45, 2.75) is 70.3 Å². The van der Waals surface area contributed by atoms with Crippen molar-refractivity contribution in [1.82, 2.24) is 0 Å². The molecule has 2 heteroatoms. The molecule has 0 spiro atoms. The molecule has 21 heavy (non-hydrogen) atoms. The predicted octanol–water partition coefficient (Wildman–Crippen LogP) is 4.34. The lowest BCUT2D eigenvalue weighted by Gasteiger charge is -2.38. The van der Waals surface area contributed by atoms with E-state index < -0.39 is 0 Å². The number of ether oxygens (including phenoxy) is 1. The number of hydrogen-bond acceptors (Lipinski definition) is 2. The van der Waals surface area contributed by atoms with Crippen molar-refractivity contribution in [2.24, 2.45) is 29.6 Å². The Kier molecular flexibility index (Phi) is 4.34. The normalized spacial score (nSPS) is 45.2. The third-order valence-electron chi connectivity index (χ3n) is 6.13. The topological polar surface area (TPSA) is 26.3 Å². The van der Waals surface area contributed by atoms with Gasteiger partial charge in [0.2, 0.25) is 0 Å².